The Kier molecular flexibility index (Phi) is 5.23. The summed E-state index contributed by atoms with van der Waals surface area (Å²) in [6, 6.07) is 14.3. The van der Waals surface area contributed by atoms with Crippen LogP contribution in [0.4, 0.5) is 20.3 Å². The molecular weight excluding hydrogens is 364 g/mol. The molecule has 0 saturated carbocycles. The summed E-state index contributed by atoms with van der Waals surface area (Å²) in [5.74, 6) is 1.55. The number of anilines is 2. The normalized spacial score (nSPS) is 11.2. The van der Waals surface area contributed by atoms with Crippen molar-refractivity contribution in [3.63, 3.8) is 0 Å². The van der Waals surface area contributed by atoms with Crippen LogP contribution in [-0.2, 0) is 12.5 Å². The molecule has 1 heterocycles. The zero-order valence-corrected chi connectivity index (χ0v) is 14.9. The van der Waals surface area contributed by atoms with E-state index in [1.54, 1.807) is 12.1 Å². The van der Waals surface area contributed by atoms with E-state index in [1.165, 1.54) is 24.3 Å². The van der Waals surface area contributed by atoms with Crippen LogP contribution in [0.5, 0.6) is 0 Å². The van der Waals surface area contributed by atoms with Crippen molar-refractivity contribution in [1.82, 2.24) is 9.97 Å². The topological polar surface area (TPSA) is 101 Å². The van der Waals surface area contributed by atoms with Gasteiger partial charge in [0.15, 0.2) is 11.6 Å². The SMILES string of the molecule is C=Cc1ccccc1CN(N)c1[nH]c(C(F)(F)c2ccccc2)nc(=O)c1N. The number of rotatable bonds is 6. The third kappa shape index (κ3) is 3.63. The van der Waals surface area contributed by atoms with E-state index in [1.807, 2.05) is 24.3 Å². The molecule has 0 amide bonds. The van der Waals surface area contributed by atoms with Crippen molar-refractivity contribution in [2.45, 2.75) is 12.5 Å². The van der Waals surface area contributed by atoms with E-state index in [-0.39, 0.29) is 23.6 Å². The third-order valence-corrected chi connectivity index (χ3v) is 4.27. The predicted octanol–water partition coefficient (Wildman–Crippen LogP) is 3.02. The molecule has 0 radical (unpaired) electrons. The molecule has 0 saturated heterocycles. The van der Waals surface area contributed by atoms with Crippen LogP contribution in [-0.4, -0.2) is 9.97 Å². The molecular formula is C20H19F2N5O. The number of hydrogen-bond donors (Lipinski definition) is 3. The van der Waals surface area contributed by atoms with Crippen LogP contribution in [0.1, 0.15) is 22.5 Å². The molecule has 0 fully saturated rings. The van der Waals surface area contributed by atoms with Crippen molar-refractivity contribution in [1.29, 1.82) is 0 Å². The van der Waals surface area contributed by atoms with E-state index in [4.69, 9.17) is 11.6 Å². The Morgan fingerprint density at radius 3 is 2.46 bits per heavy atom. The van der Waals surface area contributed by atoms with Gasteiger partial charge >= 0.3 is 5.92 Å². The van der Waals surface area contributed by atoms with Crippen LogP contribution in [0, 0.1) is 0 Å². The molecule has 6 nitrogen and oxygen atoms in total. The summed E-state index contributed by atoms with van der Waals surface area (Å²) in [5.41, 5.74) is 5.74. The Morgan fingerprint density at radius 2 is 1.79 bits per heavy atom. The van der Waals surface area contributed by atoms with E-state index in [9.17, 15) is 13.6 Å². The molecule has 0 unspecified atom stereocenters. The van der Waals surface area contributed by atoms with Gasteiger partial charge in [-0.2, -0.15) is 13.8 Å². The first kappa shape index (κ1) is 19.2. The Balaban J connectivity index is 2.02. The highest BCUT2D eigenvalue weighted by atomic mass is 19.3. The minimum Gasteiger partial charge on any atom is -0.391 e. The third-order valence-electron chi connectivity index (χ3n) is 4.27. The second kappa shape index (κ2) is 7.61. The lowest BCUT2D eigenvalue weighted by Gasteiger charge is -2.23. The number of hydrogen-bond acceptors (Lipinski definition) is 5. The summed E-state index contributed by atoms with van der Waals surface area (Å²) < 4.78 is 29.7. The number of aromatic amines is 1. The number of nitrogens with zero attached hydrogens (tertiary/aromatic N) is 2. The van der Waals surface area contributed by atoms with Crippen LogP contribution in [0.15, 0.2) is 66.0 Å². The number of nitrogens with one attached hydrogen (secondary N) is 1. The van der Waals surface area contributed by atoms with Gasteiger partial charge < -0.3 is 10.7 Å². The summed E-state index contributed by atoms with van der Waals surface area (Å²) >= 11 is 0. The molecule has 0 bridgehead atoms. The minimum atomic E-state index is -3.53. The highest BCUT2D eigenvalue weighted by Gasteiger charge is 2.38. The van der Waals surface area contributed by atoms with Gasteiger partial charge in [0.25, 0.3) is 5.56 Å². The standard InChI is InChI=1S/C20H19F2N5O/c1-2-13-8-6-7-9-14(13)12-27(24)17-16(23)18(28)26-19(25-17)20(21,22)15-10-4-3-5-11-15/h2-11H,1,12,23-24H2,(H,25,26,28). The average Bonchev–Trinajstić information content (AvgIpc) is 2.70. The lowest BCUT2D eigenvalue weighted by molar-refractivity contribution is 0.0327. The molecule has 0 spiro atoms. The Morgan fingerprint density at radius 1 is 1.14 bits per heavy atom. The summed E-state index contributed by atoms with van der Waals surface area (Å²) in [5, 5.41) is 1.10. The first-order valence-electron chi connectivity index (χ1n) is 8.40. The maximum atomic E-state index is 14.8. The van der Waals surface area contributed by atoms with Crippen LogP contribution < -0.4 is 22.1 Å². The Hall–Kier alpha value is -3.52. The van der Waals surface area contributed by atoms with Crippen molar-refractivity contribution in [2.75, 3.05) is 10.7 Å². The zero-order chi connectivity index (χ0) is 20.3. The average molecular weight is 383 g/mol. The van der Waals surface area contributed by atoms with Crippen molar-refractivity contribution in [2.24, 2.45) is 5.84 Å². The summed E-state index contributed by atoms with van der Waals surface area (Å²) in [4.78, 5) is 18.0. The summed E-state index contributed by atoms with van der Waals surface area (Å²) in [6.07, 6.45) is 1.65. The second-order valence-corrected chi connectivity index (χ2v) is 6.12. The number of nitrogens with two attached hydrogens (primary N) is 2. The molecule has 1 aromatic heterocycles. The minimum absolute atomic E-state index is 0.114. The van der Waals surface area contributed by atoms with Gasteiger partial charge in [0.05, 0.1) is 6.54 Å². The van der Waals surface area contributed by atoms with Gasteiger partial charge in [0, 0.05) is 5.56 Å². The molecule has 3 rings (SSSR count). The number of halogens is 2. The van der Waals surface area contributed by atoms with Crippen LogP contribution in [0.3, 0.4) is 0 Å². The van der Waals surface area contributed by atoms with Gasteiger partial charge in [-0.05, 0) is 11.1 Å². The second-order valence-electron chi connectivity index (χ2n) is 6.12. The Bertz CT molecular complexity index is 1050. The molecule has 0 aliphatic rings. The zero-order valence-electron chi connectivity index (χ0n) is 14.9. The molecule has 8 heteroatoms. The van der Waals surface area contributed by atoms with Gasteiger partial charge in [-0.25, -0.2) is 5.84 Å². The lowest BCUT2D eigenvalue weighted by atomic mass is 10.1. The van der Waals surface area contributed by atoms with E-state index in [0.29, 0.717) is 0 Å². The van der Waals surface area contributed by atoms with E-state index < -0.39 is 17.3 Å². The molecule has 144 valence electrons. The molecule has 0 aliphatic heterocycles. The monoisotopic (exact) mass is 383 g/mol. The number of nitrogen functional groups attached to an aromatic ring is 1. The first-order chi connectivity index (χ1) is 13.3. The van der Waals surface area contributed by atoms with Gasteiger partial charge in [-0.3, -0.25) is 9.80 Å². The molecule has 2 aromatic carbocycles. The number of H-pyrrole nitrogens is 1. The van der Waals surface area contributed by atoms with Crippen molar-refractivity contribution < 1.29 is 8.78 Å². The van der Waals surface area contributed by atoms with Gasteiger partial charge in [-0.15, -0.1) is 0 Å². The molecule has 3 aromatic rings. The summed E-state index contributed by atoms with van der Waals surface area (Å²) in [7, 11) is 0. The number of alkyl halides is 2. The van der Waals surface area contributed by atoms with Gasteiger partial charge in [0.1, 0.15) is 5.69 Å². The number of hydrazine groups is 1. The molecule has 0 atom stereocenters. The number of aromatic nitrogens is 2. The van der Waals surface area contributed by atoms with Gasteiger partial charge in [-0.1, -0.05) is 67.3 Å². The Labute approximate surface area is 160 Å². The summed E-state index contributed by atoms with van der Waals surface area (Å²) in [6.45, 7) is 3.85. The molecule has 5 N–H and O–H groups in total. The fourth-order valence-corrected chi connectivity index (χ4v) is 2.77. The highest BCUT2D eigenvalue weighted by molar-refractivity contribution is 5.62. The fourth-order valence-electron chi connectivity index (χ4n) is 2.77. The van der Waals surface area contributed by atoms with Crippen LogP contribution >= 0.6 is 0 Å². The van der Waals surface area contributed by atoms with Crippen molar-refractivity contribution in [3.05, 3.63) is 94.0 Å². The highest BCUT2D eigenvalue weighted by Crippen LogP contribution is 2.34. The van der Waals surface area contributed by atoms with Crippen LogP contribution in [0.25, 0.3) is 6.08 Å². The van der Waals surface area contributed by atoms with Gasteiger partial charge in [0.2, 0.25) is 0 Å². The predicted molar refractivity (Wildman–Crippen MR) is 106 cm³/mol. The van der Waals surface area contributed by atoms with Crippen molar-refractivity contribution in [3.8, 4) is 0 Å². The van der Waals surface area contributed by atoms with E-state index in [0.717, 1.165) is 16.1 Å². The molecule has 0 aliphatic carbocycles. The lowest BCUT2D eigenvalue weighted by Crippen LogP contribution is -2.36. The quantitative estimate of drug-likeness (QED) is 0.449. The maximum Gasteiger partial charge on any atom is 0.330 e. The molecule has 28 heavy (non-hydrogen) atoms. The first-order valence-corrected chi connectivity index (χ1v) is 8.40. The van der Waals surface area contributed by atoms with E-state index in [2.05, 4.69) is 16.5 Å². The number of benzene rings is 2. The maximum absolute atomic E-state index is 14.8. The van der Waals surface area contributed by atoms with Crippen molar-refractivity contribution >= 4 is 17.6 Å². The van der Waals surface area contributed by atoms with E-state index >= 15 is 0 Å². The smallest absolute Gasteiger partial charge is 0.330 e. The fraction of sp³-hybridized carbons (Fsp3) is 0.100. The van der Waals surface area contributed by atoms with Crippen LogP contribution in [0.2, 0.25) is 0 Å². The largest absolute Gasteiger partial charge is 0.391 e.